The molecule has 1 heterocycles. The standard InChI is InChI=1S/C20H15N3O5/c24-19(21-16-7-3-5-13-4-1-2-6-15(13)16)11-22-12-20(25)28-18-10-14(23(26)27)8-9-17(18)22/h1-10H,11-12H2,(H,21,24). The van der Waals surface area contributed by atoms with Gasteiger partial charge in [0.1, 0.15) is 6.54 Å². The Balaban J connectivity index is 1.56. The molecule has 140 valence electrons. The average Bonchev–Trinajstić information content (AvgIpc) is 2.67. The maximum atomic E-state index is 12.6. The van der Waals surface area contributed by atoms with E-state index in [1.165, 1.54) is 23.1 Å². The molecule has 3 aromatic rings. The van der Waals surface area contributed by atoms with Crippen molar-refractivity contribution in [2.24, 2.45) is 0 Å². The number of carbonyl (C=O) groups excluding carboxylic acids is 2. The van der Waals surface area contributed by atoms with Crippen LogP contribution in [0.5, 0.6) is 5.75 Å². The number of amides is 1. The second-order valence-corrected chi connectivity index (χ2v) is 6.31. The number of non-ortho nitro benzene ring substituents is 1. The Kier molecular flexibility index (Phi) is 4.36. The molecule has 0 saturated carbocycles. The van der Waals surface area contributed by atoms with E-state index < -0.39 is 10.9 Å². The number of carbonyl (C=O) groups is 2. The highest BCUT2D eigenvalue weighted by Gasteiger charge is 2.27. The van der Waals surface area contributed by atoms with Gasteiger partial charge < -0.3 is 15.0 Å². The molecule has 0 unspecified atom stereocenters. The molecule has 1 aliphatic rings. The Morgan fingerprint density at radius 1 is 1.14 bits per heavy atom. The normalized spacial score (nSPS) is 13.0. The van der Waals surface area contributed by atoms with Crippen molar-refractivity contribution in [3.8, 4) is 5.75 Å². The highest BCUT2D eigenvalue weighted by Crippen LogP contribution is 2.35. The molecule has 4 rings (SSSR count). The van der Waals surface area contributed by atoms with Gasteiger partial charge in [-0.05, 0) is 17.5 Å². The van der Waals surface area contributed by atoms with Gasteiger partial charge in [-0.2, -0.15) is 0 Å². The van der Waals surface area contributed by atoms with E-state index in [1.54, 1.807) is 0 Å². The van der Waals surface area contributed by atoms with E-state index in [2.05, 4.69) is 5.32 Å². The SMILES string of the molecule is O=C(CN1CC(=O)Oc2cc([N+](=O)[O-])ccc21)Nc1cccc2ccccc12. The first kappa shape index (κ1) is 17.5. The highest BCUT2D eigenvalue weighted by atomic mass is 16.6. The van der Waals surface area contributed by atoms with Crippen LogP contribution in [0.15, 0.2) is 60.7 Å². The lowest BCUT2D eigenvalue weighted by Crippen LogP contribution is -2.41. The third-order valence-corrected chi connectivity index (χ3v) is 4.44. The van der Waals surface area contributed by atoms with E-state index in [9.17, 15) is 19.7 Å². The zero-order chi connectivity index (χ0) is 19.7. The fourth-order valence-corrected chi connectivity index (χ4v) is 3.19. The van der Waals surface area contributed by atoms with Crippen molar-refractivity contribution in [2.75, 3.05) is 23.3 Å². The number of fused-ring (bicyclic) bond motifs is 2. The number of nitrogens with one attached hydrogen (secondary N) is 1. The fraction of sp³-hybridized carbons (Fsp3) is 0.100. The van der Waals surface area contributed by atoms with Crippen LogP contribution in [0.3, 0.4) is 0 Å². The first-order valence-electron chi connectivity index (χ1n) is 8.53. The summed E-state index contributed by atoms with van der Waals surface area (Å²) in [5.41, 5.74) is 0.943. The predicted octanol–water partition coefficient (Wildman–Crippen LogP) is 3.11. The molecule has 0 bridgehead atoms. The van der Waals surface area contributed by atoms with Gasteiger partial charge in [0.2, 0.25) is 5.91 Å². The van der Waals surface area contributed by atoms with Crippen molar-refractivity contribution < 1.29 is 19.2 Å². The molecule has 8 heteroatoms. The summed E-state index contributed by atoms with van der Waals surface area (Å²) in [6.45, 7) is -0.211. The monoisotopic (exact) mass is 377 g/mol. The maximum Gasteiger partial charge on any atom is 0.331 e. The second-order valence-electron chi connectivity index (χ2n) is 6.31. The third-order valence-electron chi connectivity index (χ3n) is 4.44. The number of esters is 1. The minimum atomic E-state index is -0.578. The van der Waals surface area contributed by atoms with Gasteiger partial charge in [-0.15, -0.1) is 0 Å². The van der Waals surface area contributed by atoms with Crippen molar-refractivity contribution in [3.63, 3.8) is 0 Å². The van der Waals surface area contributed by atoms with Crippen molar-refractivity contribution in [2.45, 2.75) is 0 Å². The summed E-state index contributed by atoms with van der Waals surface area (Å²) in [6.07, 6.45) is 0. The Bertz CT molecular complexity index is 1110. The summed E-state index contributed by atoms with van der Waals surface area (Å²) >= 11 is 0. The number of ether oxygens (including phenoxy) is 1. The number of rotatable bonds is 4. The van der Waals surface area contributed by atoms with Crippen LogP contribution in [-0.4, -0.2) is 29.9 Å². The zero-order valence-corrected chi connectivity index (χ0v) is 14.6. The lowest BCUT2D eigenvalue weighted by Gasteiger charge is -2.29. The number of anilines is 2. The van der Waals surface area contributed by atoms with Crippen LogP contribution in [0, 0.1) is 10.1 Å². The van der Waals surface area contributed by atoms with Crippen molar-refractivity contribution in [1.29, 1.82) is 0 Å². The van der Waals surface area contributed by atoms with E-state index in [4.69, 9.17) is 4.74 Å². The molecular weight excluding hydrogens is 362 g/mol. The molecular formula is C20H15N3O5. The van der Waals surface area contributed by atoms with Crippen molar-refractivity contribution in [3.05, 3.63) is 70.8 Å². The van der Waals surface area contributed by atoms with Gasteiger partial charge in [-0.1, -0.05) is 36.4 Å². The fourth-order valence-electron chi connectivity index (χ4n) is 3.19. The molecule has 0 fully saturated rings. The Morgan fingerprint density at radius 3 is 2.75 bits per heavy atom. The van der Waals surface area contributed by atoms with Gasteiger partial charge in [0.25, 0.3) is 5.69 Å². The minimum absolute atomic E-state index is 0.0726. The van der Waals surface area contributed by atoms with Crippen LogP contribution in [0.4, 0.5) is 17.1 Å². The van der Waals surface area contributed by atoms with Gasteiger partial charge in [-0.25, -0.2) is 4.79 Å². The Morgan fingerprint density at radius 2 is 1.93 bits per heavy atom. The van der Waals surface area contributed by atoms with Gasteiger partial charge in [0.15, 0.2) is 5.75 Å². The molecule has 0 radical (unpaired) electrons. The summed E-state index contributed by atoms with van der Waals surface area (Å²) in [6, 6.07) is 17.3. The topological polar surface area (TPSA) is 102 Å². The first-order chi connectivity index (χ1) is 13.5. The quantitative estimate of drug-likeness (QED) is 0.324. The molecule has 0 aliphatic carbocycles. The lowest BCUT2D eigenvalue weighted by molar-refractivity contribution is -0.384. The van der Waals surface area contributed by atoms with Crippen molar-refractivity contribution in [1.82, 2.24) is 0 Å². The number of benzene rings is 3. The van der Waals surface area contributed by atoms with Crippen LogP contribution in [0.2, 0.25) is 0 Å². The van der Waals surface area contributed by atoms with Gasteiger partial charge >= 0.3 is 5.97 Å². The number of nitrogens with zero attached hydrogens (tertiary/aromatic N) is 2. The smallest absolute Gasteiger partial charge is 0.331 e. The molecule has 3 aromatic carbocycles. The molecule has 0 aromatic heterocycles. The number of hydrogen-bond donors (Lipinski definition) is 1. The summed E-state index contributed by atoms with van der Waals surface area (Å²) in [5, 5.41) is 15.7. The molecule has 0 saturated heterocycles. The van der Waals surface area contributed by atoms with Crippen LogP contribution in [-0.2, 0) is 9.59 Å². The molecule has 1 amide bonds. The molecule has 0 atom stereocenters. The van der Waals surface area contributed by atoms with Gasteiger partial charge in [-0.3, -0.25) is 14.9 Å². The van der Waals surface area contributed by atoms with E-state index in [0.29, 0.717) is 11.4 Å². The van der Waals surface area contributed by atoms with E-state index in [0.717, 1.165) is 10.8 Å². The minimum Gasteiger partial charge on any atom is -0.423 e. The zero-order valence-electron chi connectivity index (χ0n) is 14.6. The number of nitro benzene ring substituents is 1. The first-order valence-corrected chi connectivity index (χ1v) is 8.53. The van der Waals surface area contributed by atoms with Crippen LogP contribution < -0.4 is 15.0 Å². The second kappa shape index (κ2) is 6.99. The van der Waals surface area contributed by atoms with Gasteiger partial charge in [0.05, 0.1) is 23.2 Å². The van der Waals surface area contributed by atoms with E-state index >= 15 is 0 Å². The summed E-state index contributed by atoms with van der Waals surface area (Å²) in [5.74, 6) is -0.815. The van der Waals surface area contributed by atoms with Crippen LogP contribution >= 0.6 is 0 Å². The largest absolute Gasteiger partial charge is 0.423 e. The van der Waals surface area contributed by atoms with E-state index in [1.807, 2.05) is 42.5 Å². The molecule has 8 nitrogen and oxygen atoms in total. The third kappa shape index (κ3) is 3.35. The summed E-state index contributed by atoms with van der Waals surface area (Å²) < 4.78 is 5.09. The summed E-state index contributed by atoms with van der Waals surface area (Å²) in [7, 11) is 0. The van der Waals surface area contributed by atoms with Crippen LogP contribution in [0.25, 0.3) is 10.8 Å². The molecule has 0 spiro atoms. The van der Waals surface area contributed by atoms with Gasteiger partial charge in [0, 0.05) is 17.1 Å². The average molecular weight is 377 g/mol. The Hall–Kier alpha value is -3.94. The molecule has 1 N–H and O–H groups in total. The molecule has 1 aliphatic heterocycles. The Labute approximate surface area is 159 Å². The highest BCUT2D eigenvalue weighted by molar-refractivity contribution is 6.04. The predicted molar refractivity (Wildman–Crippen MR) is 104 cm³/mol. The number of nitro groups is 1. The van der Waals surface area contributed by atoms with E-state index in [-0.39, 0.29) is 30.4 Å². The molecule has 28 heavy (non-hydrogen) atoms. The van der Waals surface area contributed by atoms with Crippen LogP contribution in [0.1, 0.15) is 0 Å². The lowest BCUT2D eigenvalue weighted by atomic mass is 10.1. The summed E-state index contributed by atoms with van der Waals surface area (Å²) in [4.78, 5) is 36.4. The van der Waals surface area contributed by atoms with Crippen molar-refractivity contribution >= 4 is 39.7 Å². The number of hydrogen-bond acceptors (Lipinski definition) is 6. The maximum absolute atomic E-state index is 12.6.